The van der Waals surface area contributed by atoms with Gasteiger partial charge in [0.05, 0.1) is 5.02 Å². The lowest BCUT2D eigenvalue weighted by Crippen LogP contribution is -2.28. The summed E-state index contributed by atoms with van der Waals surface area (Å²) < 4.78 is 0. The summed E-state index contributed by atoms with van der Waals surface area (Å²) in [6.07, 6.45) is 8.12. The third-order valence-electron chi connectivity index (χ3n) is 3.68. The van der Waals surface area contributed by atoms with Gasteiger partial charge in [0.15, 0.2) is 0 Å². The van der Waals surface area contributed by atoms with E-state index in [1.54, 1.807) is 6.20 Å². The molecular weight excluding hydrogens is 234 g/mol. The fraction of sp³-hybridized carbons (Fsp3) is 0.615. The van der Waals surface area contributed by atoms with E-state index >= 15 is 0 Å². The van der Waals surface area contributed by atoms with Gasteiger partial charge in [-0.05, 0) is 31.9 Å². The van der Waals surface area contributed by atoms with Crippen molar-refractivity contribution in [3.63, 3.8) is 0 Å². The second kappa shape index (κ2) is 5.69. The number of halogens is 1. The summed E-state index contributed by atoms with van der Waals surface area (Å²) in [6, 6.07) is 2.22. The van der Waals surface area contributed by atoms with Crippen LogP contribution < -0.4 is 11.1 Å². The van der Waals surface area contributed by atoms with Crippen molar-refractivity contribution < 1.29 is 0 Å². The maximum absolute atomic E-state index is 6.01. The van der Waals surface area contributed by atoms with Gasteiger partial charge >= 0.3 is 0 Å². The van der Waals surface area contributed by atoms with Crippen molar-refractivity contribution in [1.82, 2.24) is 10.3 Å². The zero-order chi connectivity index (χ0) is 12.3. The Bertz CT molecular complexity index is 375. The molecule has 0 bridgehead atoms. The van der Waals surface area contributed by atoms with Crippen molar-refractivity contribution in [3.8, 4) is 0 Å². The normalized spacial score (nSPS) is 19.2. The summed E-state index contributed by atoms with van der Waals surface area (Å²) >= 11 is 6.01. The second-order valence-electron chi connectivity index (χ2n) is 4.79. The van der Waals surface area contributed by atoms with Gasteiger partial charge in [0.1, 0.15) is 5.82 Å². The van der Waals surface area contributed by atoms with Crippen molar-refractivity contribution in [3.05, 3.63) is 22.8 Å². The first-order valence-corrected chi connectivity index (χ1v) is 6.68. The quantitative estimate of drug-likeness (QED) is 0.870. The molecule has 1 fully saturated rings. The highest BCUT2D eigenvalue weighted by Crippen LogP contribution is 2.36. The largest absolute Gasteiger partial charge is 0.383 e. The number of hydrogen-bond donors (Lipinski definition) is 2. The van der Waals surface area contributed by atoms with E-state index in [1.165, 1.54) is 32.1 Å². The van der Waals surface area contributed by atoms with Crippen LogP contribution in [0.4, 0.5) is 5.82 Å². The Morgan fingerprint density at radius 3 is 2.76 bits per heavy atom. The fourth-order valence-corrected chi connectivity index (χ4v) is 2.99. The van der Waals surface area contributed by atoms with Crippen LogP contribution in [0.1, 0.15) is 43.7 Å². The van der Waals surface area contributed by atoms with E-state index in [0.29, 0.717) is 16.8 Å². The van der Waals surface area contributed by atoms with Crippen LogP contribution in [-0.4, -0.2) is 12.0 Å². The minimum Gasteiger partial charge on any atom is -0.383 e. The minimum absolute atomic E-state index is 0.279. The number of nitrogens with two attached hydrogens (primary N) is 1. The van der Waals surface area contributed by atoms with Crippen molar-refractivity contribution >= 4 is 17.4 Å². The molecule has 0 saturated heterocycles. The highest BCUT2D eigenvalue weighted by molar-refractivity contribution is 6.30. The lowest BCUT2D eigenvalue weighted by molar-refractivity contribution is 0.282. The molecule has 1 unspecified atom stereocenters. The number of hydrogen-bond acceptors (Lipinski definition) is 3. The summed E-state index contributed by atoms with van der Waals surface area (Å²) in [5.41, 5.74) is 7.01. The molecular formula is C13H20ClN3. The van der Waals surface area contributed by atoms with E-state index in [2.05, 4.69) is 10.3 Å². The average Bonchev–Trinajstić information content (AvgIpc) is 2.36. The Balaban J connectivity index is 2.24. The Labute approximate surface area is 108 Å². The molecule has 0 radical (unpaired) electrons. The first-order valence-electron chi connectivity index (χ1n) is 6.30. The molecule has 1 aliphatic carbocycles. The van der Waals surface area contributed by atoms with Gasteiger partial charge in [-0.25, -0.2) is 4.98 Å². The number of pyridine rings is 1. The highest BCUT2D eigenvalue weighted by atomic mass is 35.5. The lowest BCUT2D eigenvalue weighted by atomic mass is 9.81. The molecule has 3 N–H and O–H groups in total. The average molecular weight is 254 g/mol. The van der Waals surface area contributed by atoms with Crippen LogP contribution >= 0.6 is 11.6 Å². The predicted octanol–water partition coefficient (Wildman–Crippen LogP) is 3.16. The fourth-order valence-electron chi connectivity index (χ4n) is 2.83. The van der Waals surface area contributed by atoms with Gasteiger partial charge in [0.25, 0.3) is 0 Å². The van der Waals surface area contributed by atoms with Gasteiger partial charge in [0.2, 0.25) is 0 Å². The first kappa shape index (κ1) is 12.7. The summed E-state index contributed by atoms with van der Waals surface area (Å²) in [5, 5.41) is 4.04. The third-order valence-corrected chi connectivity index (χ3v) is 3.89. The van der Waals surface area contributed by atoms with Gasteiger partial charge < -0.3 is 11.1 Å². The van der Waals surface area contributed by atoms with Crippen molar-refractivity contribution in [2.24, 2.45) is 5.92 Å². The maximum atomic E-state index is 6.01. The minimum atomic E-state index is 0.279. The first-order chi connectivity index (χ1) is 8.22. The molecule has 0 aromatic carbocycles. The Morgan fingerprint density at radius 2 is 2.12 bits per heavy atom. The molecule has 1 aliphatic rings. The van der Waals surface area contributed by atoms with Crippen LogP contribution in [-0.2, 0) is 0 Å². The maximum Gasteiger partial charge on any atom is 0.128 e. The molecule has 94 valence electrons. The second-order valence-corrected chi connectivity index (χ2v) is 5.23. The third kappa shape index (κ3) is 2.90. The molecule has 4 heteroatoms. The van der Waals surface area contributed by atoms with E-state index < -0.39 is 0 Å². The number of nitrogen functional groups attached to an aromatic ring is 1. The molecule has 0 aliphatic heterocycles. The van der Waals surface area contributed by atoms with Crippen molar-refractivity contribution in [2.45, 2.75) is 38.1 Å². The Morgan fingerprint density at radius 1 is 1.41 bits per heavy atom. The summed E-state index contributed by atoms with van der Waals surface area (Å²) in [6.45, 7) is 0. The summed E-state index contributed by atoms with van der Waals surface area (Å²) in [5.74, 6) is 1.25. The van der Waals surface area contributed by atoms with Crippen LogP contribution in [0.25, 0.3) is 0 Å². The van der Waals surface area contributed by atoms with Gasteiger partial charge in [-0.3, -0.25) is 0 Å². The van der Waals surface area contributed by atoms with Crippen LogP contribution in [0.2, 0.25) is 5.02 Å². The highest BCUT2D eigenvalue weighted by Gasteiger charge is 2.25. The van der Waals surface area contributed by atoms with E-state index in [-0.39, 0.29) is 6.04 Å². The van der Waals surface area contributed by atoms with E-state index in [0.717, 1.165) is 5.56 Å². The monoisotopic (exact) mass is 253 g/mol. The predicted molar refractivity (Wildman–Crippen MR) is 72.0 cm³/mol. The Hall–Kier alpha value is -0.800. The molecule has 1 atom stereocenters. The van der Waals surface area contributed by atoms with Crippen molar-refractivity contribution in [1.29, 1.82) is 0 Å². The lowest BCUT2D eigenvalue weighted by Gasteiger charge is -2.30. The van der Waals surface area contributed by atoms with E-state index in [1.807, 2.05) is 13.1 Å². The standard InChI is InChI=1S/C13H20ClN3/c1-16-12(9-5-3-2-4-6-9)11-7-10(14)8-17-13(11)15/h7-9,12,16H,2-6H2,1H3,(H2,15,17). The summed E-state index contributed by atoms with van der Waals surface area (Å²) in [4.78, 5) is 4.15. The number of nitrogens with zero attached hydrogens (tertiary/aromatic N) is 1. The molecule has 2 rings (SSSR count). The van der Waals surface area contributed by atoms with Crippen LogP contribution in [0.3, 0.4) is 0 Å². The molecule has 17 heavy (non-hydrogen) atoms. The Kier molecular flexibility index (Phi) is 4.24. The molecule has 1 aromatic rings. The van der Waals surface area contributed by atoms with Gasteiger partial charge in [0, 0.05) is 17.8 Å². The van der Waals surface area contributed by atoms with Gasteiger partial charge in [-0.1, -0.05) is 30.9 Å². The number of anilines is 1. The van der Waals surface area contributed by atoms with E-state index in [4.69, 9.17) is 17.3 Å². The molecule has 1 saturated carbocycles. The summed E-state index contributed by atoms with van der Waals surface area (Å²) in [7, 11) is 1.99. The molecule has 0 spiro atoms. The van der Waals surface area contributed by atoms with Crippen LogP contribution in [0.5, 0.6) is 0 Å². The molecule has 0 amide bonds. The number of aromatic nitrogens is 1. The topological polar surface area (TPSA) is 50.9 Å². The van der Waals surface area contributed by atoms with Gasteiger partial charge in [-0.2, -0.15) is 0 Å². The zero-order valence-electron chi connectivity index (χ0n) is 10.2. The smallest absolute Gasteiger partial charge is 0.128 e. The number of rotatable bonds is 3. The molecule has 1 heterocycles. The molecule has 3 nitrogen and oxygen atoms in total. The number of nitrogens with one attached hydrogen (secondary N) is 1. The van der Waals surface area contributed by atoms with E-state index in [9.17, 15) is 0 Å². The van der Waals surface area contributed by atoms with Crippen LogP contribution in [0, 0.1) is 5.92 Å². The van der Waals surface area contributed by atoms with Crippen molar-refractivity contribution in [2.75, 3.05) is 12.8 Å². The zero-order valence-corrected chi connectivity index (χ0v) is 11.0. The van der Waals surface area contributed by atoms with Gasteiger partial charge in [-0.15, -0.1) is 0 Å². The molecule has 1 aromatic heterocycles. The SMILES string of the molecule is CNC(c1cc(Cl)cnc1N)C1CCCCC1. The van der Waals surface area contributed by atoms with Crippen LogP contribution in [0.15, 0.2) is 12.3 Å².